The summed E-state index contributed by atoms with van der Waals surface area (Å²) in [6.07, 6.45) is 0.336. The van der Waals surface area contributed by atoms with Crippen LogP contribution in [-0.2, 0) is 16.6 Å². The average molecular weight is 438 g/mol. The minimum atomic E-state index is -4.00. The van der Waals surface area contributed by atoms with Gasteiger partial charge in [0.1, 0.15) is 0 Å². The van der Waals surface area contributed by atoms with Crippen molar-refractivity contribution in [3.63, 3.8) is 0 Å². The topological polar surface area (TPSA) is 134 Å². The first-order chi connectivity index (χ1) is 14.9. The van der Waals surface area contributed by atoms with Crippen molar-refractivity contribution in [1.29, 1.82) is 0 Å². The van der Waals surface area contributed by atoms with Gasteiger partial charge in [-0.05, 0) is 34.5 Å². The highest BCUT2D eigenvalue weighted by atomic mass is 32.2. The van der Waals surface area contributed by atoms with Crippen molar-refractivity contribution in [3.05, 3.63) is 72.4 Å². The first kappa shape index (κ1) is 20.3. The molecule has 1 amide bonds. The number of rotatable bonds is 6. The zero-order chi connectivity index (χ0) is 22.0. The molecule has 0 aliphatic carbocycles. The Kier molecular flexibility index (Phi) is 5.26. The van der Waals surface area contributed by atoms with E-state index in [0.29, 0.717) is 22.4 Å². The number of tetrazole rings is 1. The number of nitrogens with one attached hydrogen (secondary N) is 1. The predicted octanol–water partition coefficient (Wildman–Crippen LogP) is 2.68. The molecule has 4 aromatic rings. The molecule has 0 radical (unpaired) electrons. The van der Waals surface area contributed by atoms with E-state index in [1.807, 2.05) is 6.07 Å². The number of benzene rings is 2. The molecule has 31 heavy (non-hydrogen) atoms. The van der Waals surface area contributed by atoms with Gasteiger partial charge >= 0.3 is 6.09 Å². The molecule has 2 heterocycles. The third-order valence-corrected chi connectivity index (χ3v) is 6.32. The number of carbonyl (C=O) groups is 1. The van der Waals surface area contributed by atoms with E-state index in [-0.39, 0.29) is 17.3 Å². The number of H-pyrrole nitrogens is 1. The molecule has 0 saturated carbocycles. The quantitative estimate of drug-likeness (QED) is 0.473. The van der Waals surface area contributed by atoms with Crippen LogP contribution in [-0.4, -0.2) is 56.2 Å². The van der Waals surface area contributed by atoms with Crippen LogP contribution in [0, 0.1) is 0 Å². The number of carboxylic acid groups (broad SMARTS) is 1. The SMILES string of the molecule is CN(Cc1cc(-c2ccccc2)n(S(=O)(=O)c2cccc(-c3nn[nH]n3)c2)c1)C(=O)O. The summed E-state index contributed by atoms with van der Waals surface area (Å²) < 4.78 is 28.3. The van der Waals surface area contributed by atoms with Gasteiger partial charge in [0, 0.05) is 18.8 Å². The normalized spacial score (nSPS) is 11.4. The van der Waals surface area contributed by atoms with E-state index in [1.165, 1.54) is 29.3 Å². The molecular formula is C20H18N6O4S. The van der Waals surface area contributed by atoms with E-state index < -0.39 is 16.1 Å². The molecule has 11 heteroatoms. The maximum Gasteiger partial charge on any atom is 0.407 e. The van der Waals surface area contributed by atoms with Gasteiger partial charge in [0.15, 0.2) is 0 Å². The maximum absolute atomic E-state index is 13.6. The summed E-state index contributed by atoms with van der Waals surface area (Å²) in [6.45, 7) is 0.0422. The minimum absolute atomic E-state index is 0.0422. The molecule has 0 aliphatic heterocycles. The summed E-state index contributed by atoms with van der Waals surface area (Å²) in [4.78, 5) is 12.3. The molecule has 4 rings (SSSR count). The monoisotopic (exact) mass is 438 g/mol. The van der Waals surface area contributed by atoms with Gasteiger partial charge in [-0.1, -0.05) is 42.5 Å². The Balaban J connectivity index is 1.83. The van der Waals surface area contributed by atoms with Crippen molar-refractivity contribution in [2.75, 3.05) is 7.05 Å². The average Bonchev–Trinajstić information content (AvgIpc) is 3.45. The van der Waals surface area contributed by atoms with Crippen LogP contribution in [0.15, 0.2) is 71.8 Å². The Morgan fingerprint density at radius 1 is 1.10 bits per heavy atom. The van der Waals surface area contributed by atoms with Crippen LogP contribution < -0.4 is 0 Å². The lowest BCUT2D eigenvalue weighted by Gasteiger charge is -2.12. The molecule has 0 bridgehead atoms. The summed E-state index contributed by atoms with van der Waals surface area (Å²) in [6, 6.07) is 16.9. The Morgan fingerprint density at radius 2 is 1.84 bits per heavy atom. The summed E-state index contributed by atoms with van der Waals surface area (Å²) in [5, 5.41) is 22.8. The highest BCUT2D eigenvalue weighted by Crippen LogP contribution is 2.29. The van der Waals surface area contributed by atoms with Crippen molar-refractivity contribution in [2.45, 2.75) is 11.4 Å². The number of aromatic nitrogens is 5. The first-order valence-corrected chi connectivity index (χ1v) is 10.6. The number of amides is 1. The Bertz CT molecular complexity index is 1320. The molecule has 0 aliphatic rings. The molecule has 2 aromatic carbocycles. The van der Waals surface area contributed by atoms with Crippen LogP contribution >= 0.6 is 0 Å². The van der Waals surface area contributed by atoms with Crippen LogP contribution in [0.1, 0.15) is 5.56 Å². The fourth-order valence-corrected chi connectivity index (χ4v) is 4.58. The lowest BCUT2D eigenvalue weighted by molar-refractivity contribution is 0.154. The lowest BCUT2D eigenvalue weighted by Crippen LogP contribution is -2.23. The van der Waals surface area contributed by atoms with E-state index in [0.717, 1.165) is 4.90 Å². The number of hydrogen-bond acceptors (Lipinski definition) is 6. The number of hydrogen-bond donors (Lipinski definition) is 2. The van der Waals surface area contributed by atoms with Crippen LogP contribution in [0.2, 0.25) is 0 Å². The molecule has 0 saturated heterocycles. The molecule has 2 N–H and O–H groups in total. The third-order valence-electron chi connectivity index (χ3n) is 4.65. The molecule has 10 nitrogen and oxygen atoms in total. The van der Waals surface area contributed by atoms with Gasteiger partial charge in [0.05, 0.1) is 17.1 Å². The van der Waals surface area contributed by atoms with Gasteiger partial charge in [0.2, 0.25) is 5.82 Å². The third kappa shape index (κ3) is 4.03. The molecule has 0 spiro atoms. The van der Waals surface area contributed by atoms with Crippen molar-refractivity contribution < 1.29 is 18.3 Å². The Morgan fingerprint density at radius 3 is 2.52 bits per heavy atom. The van der Waals surface area contributed by atoms with E-state index in [4.69, 9.17) is 0 Å². The fraction of sp³-hybridized carbons (Fsp3) is 0.100. The van der Waals surface area contributed by atoms with E-state index in [1.54, 1.807) is 42.5 Å². The van der Waals surface area contributed by atoms with Crippen molar-refractivity contribution >= 4 is 16.1 Å². The largest absolute Gasteiger partial charge is 0.465 e. The highest BCUT2D eigenvalue weighted by Gasteiger charge is 2.23. The Hall–Kier alpha value is -3.99. The van der Waals surface area contributed by atoms with Crippen molar-refractivity contribution in [3.8, 4) is 22.6 Å². The predicted molar refractivity (Wildman–Crippen MR) is 112 cm³/mol. The van der Waals surface area contributed by atoms with Gasteiger partial charge < -0.3 is 10.0 Å². The standard InChI is InChI=1S/C20H18N6O4S/c1-25(20(27)28)12-14-10-18(15-6-3-2-4-7-15)26(13-14)31(29,30)17-9-5-8-16(11-17)19-21-23-24-22-19/h2-11,13H,12H2,1H3,(H,27,28)(H,21,22,23,24). The molecular weight excluding hydrogens is 420 g/mol. The van der Waals surface area contributed by atoms with Gasteiger partial charge in [-0.15, -0.1) is 10.2 Å². The van der Waals surface area contributed by atoms with Crippen molar-refractivity contribution in [2.24, 2.45) is 0 Å². The summed E-state index contributed by atoms with van der Waals surface area (Å²) in [5.41, 5.74) is 2.15. The second kappa shape index (κ2) is 8.03. The zero-order valence-electron chi connectivity index (χ0n) is 16.4. The number of aromatic amines is 1. The van der Waals surface area contributed by atoms with E-state index in [2.05, 4.69) is 20.6 Å². The fourth-order valence-electron chi connectivity index (χ4n) is 3.14. The molecule has 0 fully saturated rings. The number of nitrogens with zero attached hydrogens (tertiary/aromatic N) is 5. The molecule has 0 atom stereocenters. The summed E-state index contributed by atoms with van der Waals surface area (Å²) in [5.74, 6) is 0.275. The smallest absolute Gasteiger partial charge is 0.407 e. The Labute approximate surface area is 177 Å². The van der Waals surface area contributed by atoms with Crippen LogP contribution in [0.25, 0.3) is 22.6 Å². The van der Waals surface area contributed by atoms with E-state index in [9.17, 15) is 18.3 Å². The molecule has 2 aromatic heterocycles. The lowest BCUT2D eigenvalue weighted by atomic mass is 10.1. The second-order valence-corrected chi connectivity index (χ2v) is 8.62. The van der Waals surface area contributed by atoms with Gasteiger partial charge in [0.25, 0.3) is 10.0 Å². The maximum atomic E-state index is 13.6. The minimum Gasteiger partial charge on any atom is -0.465 e. The van der Waals surface area contributed by atoms with Gasteiger partial charge in [-0.2, -0.15) is 5.21 Å². The highest BCUT2D eigenvalue weighted by molar-refractivity contribution is 7.90. The zero-order valence-corrected chi connectivity index (χ0v) is 17.2. The van der Waals surface area contributed by atoms with Gasteiger partial charge in [-0.25, -0.2) is 17.2 Å². The summed E-state index contributed by atoms with van der Waals surface area (Å²) >= 11 is 0. The van der Waals surface area contributed by atoms with Gasteiger partial charge in [-0.3, -0.25) is 0 Å². The second-order valence-electron chi connectivity index (χ2n) is 6.80. The van der Waals surface area contributed by atoms with Crippen LogP contribution in [0.3, 0.4) is 0 Å². The molecule has 158 valence electrons. The van der Waals surface area contributed by atoms with Crippen LogP contribution in [0.5, 0.6) is 0 Å². The summed E-state index contributed by atoms with van der Waals surface area (Å²) in [7, 11) is -2.58. The molecule has 0 unspecified atom stereocenters. The van der Waals surface area contributed by atoms with E-state index >= 15 is 0 Å². The van der Waals surface area contributed by atoms with Crippen molar-refractivity contribution in [1.82, 2.24) is 29.5 Å². The van der Waals surface area contributed by atoms with Crippen LogP contribution in [0.4, 0.5) is 4.79 Å². The first-order valence-electron chi connectivity index (χ1n) is 9.16.